The minimum absolute atomic E-state index is 0.0449. The molecule has 2 aromatic rings. The Morgan fingerprint density at radius 1 is 1.17 bits per heavy atom. The SMILES string of the molecule is CC(NC(=O)C(O)c1ccc(C(C)(C)O)cc1)c1ccc(OCC(F)(F)F)cn1. The molecule has 1 amide bonds. The quantitative estimate of drug-likeness (QED) is 0.650. The van der Waals surface area contributed by atoms with Gasteiger partial charge in [0.05, 0.1) is 23.5 Å². The van der Waals surface area contributed by atoms with Crippen molar-refractivity contribution >= 4 is 5.91 Å². The Balaban J connectivity index is 1.97. The lowest BCUT2D eigenvalue weighted by Gasteiger charge is -2.20. The number of halogens is 3. The van der Waals surface area contributed by atoms with E-state index in [1.807, 2.05) is 0 Å². The van der Waals surface area contributed by atoms with Crippen LogP contribution in [0.5, 0.6) is 5.75 Å². The smallest absolute Gasteiger partial charge is 0.422 e. The van der Waals surface area contributed by atoms with Crippen molar-refractivity contribution in [2.45, 2.75) is 44.7 Å². The van der Waals surface area contributed by atoms with Crippen molar-refractivity contribution in [2.75, 3.05) is 6.61 Å². The van der Waals surface area contributed by atoms with Gasteiger partial charge in [-0.3, -0.25) is 9.78 Å². The molecule has 9 heteroatoms. The minimum atomic E-state index is -4.44. The summed E-state index contributed by atoms with van der Waals surface area (Å²) in [4.78, 5) is 16.3. The molecular weight excluding hydrogens is 389 g/mol. The maximum absolute atomic E-state index is 12.3. The Hall–Kier alpha value is -2.65. The molecule has 0 radical (unpaired) electrons. The summed E-state index contributed by atoms with van der Waals surface area (Å²) in [6, 6.07) is 8.50. The number of ether oxygens (including phenoxy) is 1. The monoisotopic (exact) mass is 412 g/mol. The third-order valence-electron chi connectivity index (χ3n) is 4.15. The van der Waals surface area contributed by atoms with Crippen LogP contribution in [0.4, 0.5) is 13.2 Å². The molecule has 0 aliphatic carbocycles. The molecule has 3 N–H and O–H groups in total. The second-order valence-corrected chi connectivity index (χ2v) is 7.14. The van der Waals surface area contributed by atoms with Gasteiger partial charge in [-0.25, -0.2) is 0 Å². The Bertz CT molecular complexity index is 816. The van der Waals surface area contributed by atoms with E-state index < -0.39 is 36.4 Å². The van der Waals surface area contributed by atoms with Gasteiger partial charge in [0.1, 0.15) is 5.75 Å². The van der Waals surface area contributed by atoms with Crippen LogP contribution in [0.25, 0.3) is 0 Å². The molecule has 1 aromatic carbocycles. The third kappa shape index (κ3) is 6.72. The summed E-state index contributed by atoms with van der Waals surface area (Å²) in [6.07, 6.45) is -4.74. The van der Waals surface area contributed by atoms with Crippen LogP contribution in [0.3, 0.4) is 0 Å². The Morgan fingerprint density at radius 2 is 1.79 bits per heavy atom. The Morgan fingerprint density at radius 3 is 2.28 bits per heavy atom. The second-order valence-electron chi connectivity index (χ2n) is 7.14. The summed E-state index contributed by atoms with van der Waals surface area (Å²) < 4.78 is 41.1. The summed E-state index contributed by atoms with van der Waals surface area (Å²) in [5.74, 6) is -0.704. The van der Waals surface area contributed by atoms with Gasteiger partial charge in [0.15, 0.2) is 12.7 Å². The molecule has 0 spiro atoms. The third-order valence-corrected chi connectivity index (χ3v) is 4.15. The lowest BCUT2D eigenvalue weighted by atomic mass is 9.96. The van der Waals surface area contributed by atoms with Crippen LogP contribution in [-0.2, 0) is 10.4 Å². The number of pyridine rings is 1. The molecule has 0 aliphatic heterocycles. The number of aliphatic hydroxyl groups is 2. The molecule has 2 unspecified atom stereocenters. The highest BCUT2D eigenvalue weighted by Gasteiger charge is 2.28. The van der Waals surface area contributed by atoms with Crippen LogP contribution >= 0.6 is 0 Å². The fourth-order valence-electron chi connectivity index (χ4n) is 2.49. The standard InChI is InChI=1S/C20H23F3N2O4/c1-12(16-9-8-15(10-24-16)29-11-20(21,22)23)25-18(27)17(26)13-4-6-14(7-5-13)19(2,3)28/h4-10,12,17,26,28H,11H2,1-3H3,(H,25,27). The van der Waals surface area contributed by atoms with Crippen molar-refractivity contribution in [2.24, 2.45) is 0 Å². The lowest BCUT2D eigenvalue weighted by Crippen LogP contribution is -2.32. The Labute approximate surface area is 166 Å². The van der Waals surface area contributed by atoms with E-state index in [1.165, 1.54) is 12.1 Å². The summed E-state index contributed by atoms with van der Waals surface area (Å²) in [5, 5.41) is 22.8. The van der Waals surface area contributed by atoms with Gasteiger partial charge in [0.2, 0.25) is 0 Å². The first-order valence-corrected chi connectivity index (χ1v) is 8.83. The van der Waals surface area contributed by atoms with Crippen LogP contribution in [-0.4, -0.2) is 33.9 Å². The Kier molecular flexibility index (Phi) is 6.86. The fraction of sp³-hybridized carbons (Fsp3) is 0.400. The first-order valence-electron chi connectivity index (χ1n) is 8.83. The van der Waals surface area contributed by atoms with E-state index >= 15 is 0 Å². The maximum atomic E-state index is 12.3. The predicted octanol–water partition coefficient (Wildman–Crippen LogP) is 3.16. The van der Waals surface area contributed by atoms with Crippen molar-refractivity contribution in [3.63, 3.8) is 0 Å². The van der Waals surface area contributed by atoms with Gasteiger partial charge in [-0.15, -0.1) is 0 Å². The zero-order valence-corrected chi connectivity index (χ0v) is 16.2. The van der Waals surface area contributed by atoms with Crippen molar-refractivity contribution in [1.82, 2.24) is 10.3 Å². The average molecular weight is 412 g/mol. The number of benzene rings is 1. The molecule has 6 nitrogen and oxygen atoms in total. The number of hydrogen-bond acceptors (Lipinski definition) is 5. The van der Waals surface area contributed by atoms with Gasteiger partial charge in [-0.2, -0.15) is 13.2 Å². The van der Waals surface area contributed by atoms with Crippen molar-refractivity contribution in [3.05, 3.63) is 59.4 Å². The van der Waals surface area contributed by atoms with Crippen LogP contribution in [0.1, 0.15) is 49.7 Å². The van der Waals surface area contributed by atoms with Crippen molar-refractivity contribution in [1.29, 1.82) is 0 Å². The summed E-state index contributed by atoms with van der Waals surface area (Å²) in [6.45, 7) is 3.46. The molecule has 29 heavy (non-hydrogen) atoms. The number of carbonyl (C=O) groups is 1. The molecule has 0 saturated carbocycles. The number of amides is 1. The number of aliphatic hydroxyl groups excluding tert-OH is 1. The highest BCUT2D eigenvalue weighted by atomic mass is 19.4. The van der Waals surface area contributed by atoms with E-state index in [4.69, 9.17) is 0 Å². The molecule has 0 saturated heterocycles. The maximum Gasteiger partial charge on any atom is 0.422 e. The number of nitrogens with zero attached hydrogens (tertiary/aromatic N) is 1. The molecule has 2 atom stereocenters. The molecule has 158 valence electrons. The van der Waals surface area contributed by atoms with Gasteiger partial charge in [-0.05, 0) is 44.0 Å². The topological polar surface area (TPSA) is 91.7 Å². The minimum Gasteiger partial charge on any atom is -0.483 e. The van der Waals surface area contributed by atoms with Crippen LogP contribution in [0.15, 0.2) is 42.6 Å². The molecule has 1 aromatic heterocycles. The van der Waals surface area contributed by atoms with Gasteiger partial charge < -0.3 is 20.3 Å². The van der Waals surface area contributed by atoms with E-state index in [-0.39, 0.29) is 5.75 Å². The summed E-state index contributed by atoms with van der Waals surface area (Å²) in [5.41, 5.74) is 0.343. The molecular formula is C20H23F3N2O4. The molecule has 0 aliphatic rings. The summed E-state index contributed by atoms with van der Waals surface area (Å²) >= 11 is 0. The van der Waals surface area contributed by atoms with Crippen LogP contribution in [0.2, 0.25) is 0 Å². The zero-order valence-electron chi connectivity index (χ0n) is 16.2. The molecule has 0 bridgehead atoms. The van der Waals surface area contributed by atoms with E-state index in [2.05, 4.69) is 15.0 Å². The number of carbonyl (C=O) groups excluding carboxylic acids is 1. The number of nitrogens with one attached hydrogen (secondary N) is 1. The largest absolute Gasteiger partial charge is 0.483 e. The normalized spacial score (nSPS) is 14.2. The fourth-order valence-corrected chi connectivity index (χ4v) is 2.49. The molecule has 0 fully saturated rings. The van der Waals surface area contributed by atoms with E-state index in [0.29, 0.717) is 16.8 Å². The lowest BCUT2D eigenvalue weighted by molar-refractivity contribution is -0.153. The predicted molar refractivity (Wildman–Crippen MR) is 99.0 cm³/mol. The number of rotatable bonds is 7. The number of hydrogen-bond donors (Lipinski definition) is 3. The first-order chi connectivity index (χ1) is 13.4. The molecule has 1 heterocycles. The molecule has 2 rings (SSSR count). The van der Waals surface area contributed by atoms with Gasteiger partial charge in [-0.1, -0.05) is 24.3 Å². The first kappa shape index (κ1) is 22.6. The van der Waals surface area contributed by atoms with Crippen molar-refractivity contribution in [3.8, 4) is 5.75 Å². The number of alkyl halides is 3. The van der Waals surface area contributed by atoms with Crippen LogP contribution in [0, 0.1) is 0 Å². The highest BCUT2D eigenvalue weighted by molar-refractivity contribution is 5.82. The van der Waals surface area contributed by atoms with Gasteiger partial charge in [0.25, 0.3) is 5.91 Å². The van der Waals surface area contributed by atoms with Gasteiger partial charge >= 0.3 is 6.18 Å². The van der Waals surface area contributed by atoms with Crippen LogP contribution < -0.4 is 10.1 Å². The number of aromatic nitrogens is 1. The van der Waals surface area contributed by atoms with E-state index in [0.717, 1.165) is 6.20 Å². The van der Waals surface area contributed by atoms with Crippen molar-refractivity contribution < 1.29 is 32.9 Å². The van der Waals surface area contributed by atoms with E-state index in [9.17, 15) is 28.2 Å². The second kappa shape index (κ2) is 8.79. The van der Waals surface area contributed by atoms with E-state index in [1.54, 1.807) is 45.0 Å². The highest BCUT2D eigenvalue weighted by Crippen LogP contribution is 2.23. The van der Waals surface area contributed by atoms with Gasteiger partial charge in [0, 0.05) is 0 Å². The summed E-state index contributed by atoms with van der Waals surface area (Å²) in [7, 11) is 0. The average Bonchev–Trinajstić information content (AvgIpc) is 2.65. The zero-order chi connectivity index (χ0) is 21.8.